The number of ether oxygens (including phenoxy) is 2. The van der Waals surface area contributed by atoms with E-state index < -0.39 is 0 Å². The first-order valence-corrected chi connectivity index (χ1v) is 13.2. The highest BCUT2D eigenvalue weighted by molar-refractivity contribution is 7.13. The van der Waals surface area contributed by atoms with Crippen molar-refractivity contribution in [3.05, 3.63) is 71.1 Å². The van der Waals surface area contributed by atoms with Gasteiger partial charge in [0.2, 0.25) is 0 Å². The van der Waals surface area contributed by atoms with E-state index in [0.29, 0.717) is 23.7 Å². The molecular weight excluding hydrogens is 428 g/mol. The summed E-state index contributed by atoms with van der Waals surface area (Å²) < 4.78 is 12.0. The maximum atomic E-state index is 13.2. The van der Waals surface area contributed by atoms with Crippen molar-refractivity contribution in [2.24, 2.45) is 0 Å². The number of unbranched alkanes of at least 4 members (excludes halogenated alkanes) is 6. The van der Waals surface area contributed by atoms with Crippen LogP contribution >= 0.6 is 11.3 Å². The maximum absolute atomic E-state index is 13.2. The summed E-state index contributed by atoms with van der Waals surface area (Å²) in [6.07, 6.45) is 10.5. The van der Waals surface area contributed by atoms with Crippen LogP contribution in [0.2, 0.25) is 0 Å². The van der Waals surface area contributed by atoms with Gasteiger partial charge in [-0.15, -0.1) is 11.3 Å². The van der Waals surface area contributed by atoms with E-state index in [2.05, 4.69) is 26.0 Å². The molecule has 0 radical (unpaired) electrons. The number of rotatable bonds is 14. The molecule has 0 spiro atoms. The Morgan fingerprint density at radius 3 is 2.39 bits per heavy atom. The number of thiophene rings is 1. The SMILES string of the molecule is CCCCCCCOc1cc(CCCCC)ccc1OC(=O)c1ccccc1-c1cccs1. The number of hydrogen-bond acceptors (Lipinski definition) is 4. The Morgan fingerprint density at radius 2 is 1.61 bits per heavy atom. The lowest BCUT2D eigenvalue weighted by atomic mass is 10.1. The van der Waals surface area contributed by atoms with Gasteiger partial charge in [0.15, 0.2) is 11.5 Å². The molecule has 0 aliphatic heterocycles. The van der Waals surface area contributed by atoms with Crippen LogP contribution < -0.4 is 9.47 Å². The first kappa shape index (κ1) is 25.0. The van der Waals surface area contributed by atoms with Crippen LogP contribution in [-0.4, -0.2) is 12.6 Å². The van der Waals surface area contributed by atoms with Gasteiger partial charge < -0.3 is 9.47 Å². The summed E-state index contributed by atoms with van der Waals surface area (Å²) in [7, 11) is 0. The van der Waals surface area contributed by atoms with Crippen LogP contribution in [0.4, 0.5) is 0 Å². The van der Waals surface area contributed by atoms with Gasteiger partial charge in [0, 0.05) is 10.4 Å². The molecule has 1 aromatic heterocycles. The number of hydrogen-bond donors (Lipinski definition) is 0. The molecule has 0 unspecified atom stereocenters. The average molecular weight is 465 g/mol. The highest BCUT2D eigenvalue weighted by atomic mass is 32.1. The Morgan fingerprint density at radius 1 is 0.818 bits per heavy atom. The lowest BCUT2D eigenvalue weighted by Gasteiger charge is -2.14. The third kappa shape index (κ3) is 7.75. The Labute approximate surface area is 202 Å². The van der Waals surface area contributed by atoms with Gasteiger partial charge in [-0.1, -0.05) is 82.7 Å². The minimum atomic E-state index is -0.356. The molecule has 0 fully saturated rings. The maximum Gasteiger partial charge on any atom is 0.344 e. The summed E-state index contributed by atoms with van der Waals surface area (Å²) >= 11 is 1.61. The molecule has 33 heavy (non-hydrogen) atoms. The van der Waals surface area contributed by atoms with Crippen LogP contribution in [0, 0.1) is 0 Å². The Bertz CT molecular complexity index is 978. The molecule has 2 aromatic carbocycles. The topological polar surface area (TPSA) is 35.5 Å². The van der Waals surface area contributed by atoms with Crippen molar-refractivity contribution in [1.82, 2.24) is 0 Å². The smallest absolute Gasteiger partial charge is 0.344 e. The molecule has 176 valence electrons. The van der Waals surface area contributed by atoms with E-state index in [0.717, 1.165) is 36.1 Å². The largest absolute Gasteiger partial charge is 0.490 e. The van der Waals surface area contributed by atoms with Crippen LogP contribution in [0.3, 0.4) is 0 Å². The van der Waals surface area contributed by atoms with Crippen LogP contribution in [0.5, 0.6) is 11.5 Å². The first-order chi connectivity index (χ1) is 16.2. The van der Waals surface area contributed by atoms with E-state index in [-0.39, 0.29) is 5.97 Å². The molecule has 0 bridgehead atoms. The molecule has 0 saturated heterocycles. The normalized spacial score (nSPS) is 10.8. The quantitative estimate of drug-likeness (QED) is 0.136. The summed E-state index contributed by atoms with van der Waals surface area (Å²) in [6.45, 7) is 5.07. The summed E-state index contributed by atoms with van der Waals surface area (Å²) in [5.74, 6) is 0.806. The van der Waals surface area contributed by atoms with Crippen LogP contribution in [0.1, 0.15) is 81.1 Å². The standard InChI is InChI=1S/C29H36O3S/c1-3-5-7-8-12-20-31-27-22-23(14-9-6-4-2)18-19-26(27)32-29(30)25-16-11-10-15-24(25)28-17-13-21-33-28/h10-11,13,15-19,21-22H,3-9,12,14,20H2,1-2H3. The predicted octanol–water partition coefficient (Wildman–Crippen LogP) is 8.72. The third-order valence-corrected chi connectivity index (χ3v) is 6.62. The van der Waals surface area contributed by atoms with Gasteiger partial charge in [-0.25, -0.2) is 4.79 Å². The monoisotopic (exact) mass is 464 g/mol. The number of benzene rings is 2. The predicted molar refractivity (Wildman–Crippen MR) is 139 cm³/mol. The van der Waals surface area contributed by atoms with Gasteiger partial charge >= 0.3 is 5.97 Å². The molecule has 3 aromatic rings. The van der Waals surface area contributed by atoms with Crippen molar-refractivity contribution in [1.29, 1.82) is 0 Å². The molecule has 0 aliphatic carbocycles. The average Bonchev–Trinajstić information content (AvgIpc) is 3.38. The molecule has 1 heterocycles. The zero-order valence-electron chi connectivity index (χ0n) is 20.0. The van der Waals surface area contributed by atoms with Crippen molar-refractivity contribution in [3.63, 3.8) is 0 Å². The van der Waals surface area contributed by atoms with Crippen LogP contribution in [0.25, 0.3) is 10.4 Å². The molecule has 3 rings (SSSR count). The van der Waals surface area contributed by atoms with Gasteiger partial charge in [-0.05, 0) is 54.5 Å². The fourth-order valence-corrected chi connectivity index (χ4v) is 4.60. The van der Waals surface area contributed by atoms with E-state index in [4.69, 9.17) is 9.47 Å². The molecule has 0 atom stereocenters. The fraction of sp³-hybridized carbons (Fsp3) is 0.414. The second kappa shape index (κ2) is 13.8. The first-order valence-electron chi connectivity index (χ1n) is 12.3. The number of carbonyl (C=O) groups excluding carboxylic acids is 1. The molecule has 4 heteroatoms. The van der Waals surface area contributed by atoms with E-state index in [1.165, 1.54) is 37.7 Å². The third-order valence-electron chi connectivity index (χ3n) is 5.72. The second-order valence-corrected chi connectivity index (χ2v) is 9.36. The Hall–Kier alpha value is -2.59. The summed E-state index contributed by atoms with van der Waals surface area (Å²) in [5, 5.41) is 2.02. The van der Waals surface area contributed by atoms with E-state index in [1.807, 2.05) is 47.8 Å². The summed E-state index contributed by atoms with van der Waals surface area (Å²) in [4.78, 5) is 14.2. The van der Waals surface area contributed by atoms with Gasteiger partial charge in [0.1, 0.15) is 0 Å². The zero-order valence-corrected chi connectivity index (χ0v) is 20.8. The zero-order chi connectivity index (χ0) is 23.3. The fourth-order valence-electron chi connectivity index (χ4n) is 3.83. The van der Waals surface area contributed by atoms with E-state index in [9.17, 15) is 4.79 Å². The Kier molecular flexibility index (Phi) is 10.5. The summed E-state index contributed by atoms with van der Waals surface area (Å²) in [6, 6.07) is 17.6. The lowest BCUT2D eigenvalue weighted by Crippen LogP contribution is -2.11. The van der Waals surface area contributed by atoms with Gasteiger partial charge in [-0.3, -0.25) is 0 Å². The van der Waals surface area contributed by atoms with Crippen molar-refractivity contribution >= 4 is 17.3 Å². The molecule has 3 nitrogen and oxygen atoms in total. The van der Waals surface area contributed by atoms with Crippen molar-refractivity contribution in [2.75, 3.05) is 6.61 Å². The highest BCUT2D eigenvalue weighted by Crippen LogP contribution is 2.33. The van der Waals surface area contributed by atoms with Crippen LogP contribution in [-0.2, 0) is 6.42 Å². The van der Waals surface area contributed by atoms with Crippen LogP contribution in [0.15, 0.2) is 60.0 Å². The number of esters is 1. The number of carbonyl (C=O) groups is 1. The second-order valence-electron chi connectivity index (χ2n) is 8.41. The molecule has 0 saturated carbocycles. The van der Waals surface area contributed by atoms with Gasteiger partial charge in [0.05, 0.1) is 12.2 Å². The molecule has 0 N–H and O–H groups in total. The van der Waals surface area contributed by atoms with E-state index in [1.54, 1.807) is 11.3 Å². The molecule has 0 aliphatic rings. The van der Waals surface area contributed by atoms with Crippen molar-refractivity contribution in [2.45, 2.75) is 71.6 Å². The highest BCUT2D eigenvalue weighted by Gasteiger charge is 2.18. The van der Waals surface area contributed by atoms with Crippen molar-refractivity contribution in [3.8, 4) is 21.9 Å². The minimum Gasteiger partial charge on any atom is -0.490 e. The molecular formula is C29H36O3S. The minimum absolute atomic E-state index is 0.356. The number of aryl methyl sites for hydroxylation is 1. The van der Waals surface area contributed by atoms with E-state index >= 15 is 0 Å². The summed E-state index contributed by atoms with van der Waals surface area (Å²) in [5.41, 5.74) is 2.69. The van der Waals surface area contributed by atoms with Crippen molar-refractivity contribution < 1.29 is 14.3 Å². The van der Waals surface area contributed by atoms with Gasteiger partial charge in [0.25, 0.3) is 0 Å². The Balaban J connectivity index is 1.74. The molecule has 0 amide bonds. The lowest BCUT2D eigenvalue weighted by molar-refractivity contribution is 0.0728. The van der Waals surface area contributed by atoms with Gasteiger partial charge in [-0.2, -0.15) is 0 Å².